The Kier molecular flexibility index (Phi) is 8.19. The molecule has 7 nitrogen and oxygen atoms in total. The molecule has 1 amide bonds. The van der Waals surface area contributed by atoms with Crippen LogP contribution in [0, 0.1) is 13.8 Å². The molecule has 9 heteroatoms. The molecule has 2 fully saturated rings. The number of amides is 1. The lowest BCUT2D eigenvalue weighted by atomic mass is 9.95. The van der Waals surface area contributed by atoms with E-state index < -0.39 is 10.0 Å². The molecule has 1 aliphatic heterocycles. The van der Waals surface area contributed by atoms with Gasteiger partial charge in [0.2, 0.25) is 10.0 Å². The third-order valence-electron chi connectivity index (χ3n) is 7.70. The number of thiazole rings is 1. The molecule has 0 bridgehead atoms. The van der Waals surface area contributed by atoms with Crippen molar-refractivity contribution in [2.24, 2.45) is 0 Å². The van der Waals surface area contributed by atoms with Gasteiger partial charge in [0.15, 0.2) is 5.13 Å². The highest BCUT2D eigenvalue weighted by molar-refractivity contribution is 7.89. The summed E-state index contributed by atoms with van der Waals surface area (Å²) in [5, 5.41) is 0.639. The van der Waals surface area contributed by atoms with Crippen molar-refractivity contribution in [1.82, 2.24) is 9.29 Å². The van der Waals surface area contributed by atoms with Crippen molar-refractivity contribution in [3.63, 3.8) is 0 Å². The number of anilines is 1. The van der Waals surface area contributed by atoms with Gasteiger partial charge in [0.1, 0.15) is 0 Å². The van der Waals surface area contributed by atoms with E-state index >= 15 is 0 Å². The van der Waals surface area contributed by atoms with E-state index in [1.807, 2.05) is 19.9 Å². The van der Waals surface area contributed by atoms with Crippen LogP contribution in [0.2, 0.25) is 0 Å². The minimum absolute atomic E-state index is 0.0398. The number of aryl methyl sites for hydroxylation is 2. The third-order valence-corrected chi connectivity index (χ3v) is 11.0. The average molecular weight is 556 g/mol. The largest absolute Gasteiger partial charge is 0.376 e. The Bertz CT molecular complexity index is 1390. The van der Waals surface area contributed by atoms with Gasteiger partial charge in [-0.3, -0.25) is 9.69 Å². The third kappa shape index (κ3) is 5.52. The Balaban J connectivity index is 1.43. The summed E-state index contributed by atoms with van der Waals surface area (Å²) in [4.78, 5) is 20.6. The van der Waals surface area contributed by atoms with Crippen molar-refractivity contribution < 1.29 is 17.9 Å². The molecule has 0 spiro atoms. The van der Waals surface area contributed by atoms with Crippen LogP contribution in [0.5, 0.6) is 0 Å². The number of hydrogen-bond acceptors (Lipinski definition) is 6. The van der Waals surface area contributed by atoms with Gasteiger partial charge in [-0.1, -0.05) is 43.6 Å². The Labute approximate surface area is 229 Å². The van der Waals surface area contributed by atoms with Crippen molar-refractivity contribution in [3.8, 4) is 0 Å². The van der Waals surface area contributed by atoms with E-state index in [-0.39, 0.29) is 22.9 Å². The molecule has 38 heavy (non-hydrogen) atoms. The molecule has 0 radical (unpaired) electrons. The van der Waals surface area contributed by atoms with Crippen molar-refractivity contribution in [2.75, 3.05) is 24.6 Å². The number of rotatable bonds is 8. The number of sulfonamides is 1. The highest BCUT2D eigenvalue weighted by atomic mass is 32.2. The van der Waals surface area contributed by atoms with E-state index in [0.717, 1.165) is 59.9 Å². The highest BCUT2D eigenvalue weighted by Gasteiger charge is 2.32. The minimum Gasteiger partial charge on any atom is -0.376 e. The van der Waals surface area contributed by atoms with Crippen molar-refractivity contribution in [2.45, 2.75) is 82.8 Å². The van der Waals surface area contributed by atoms with Gasteiger partial charge in [-0.15, -0.1) is 0 Å². The maximum absolute atomic E-state index is 13.8. The molecule has 2 heterocycles. The smallest absolute Gasteiger partial charge is 0.260 e. The summed E-state index contributed by atoms with van der Waals surface area (Å²) in [6.07, 6.45) is 6.95. The van der Waals surface area contributed by atoms with Gasteiger partial charge >= 0.3 is 0 Å². The van der Waals surface area contributed by atoms with Crippen LogP contribution in [0.4, 0.5) is 5.13 Å². The van der Waals surface area contributed by atoms with Crippen LogP contribution in [0.3, 0.4) is 0 Å². The van der Waals surface area contributed by atoms with Crippen LogP contribution >= 0.6 is 11.3 Å². The first-order valence-electron chi connectivity index (χ1n) is 13.7. The summed E-state index contributed by atoms with van der Waals surface area (Å²) >= 11 is 1.51. The van der Waals surface area contributed by atoms with Crippen molar-refractivity contribution in [3.05, 3.63) is 53.1 Å². The van der Waals surface area contributed by atoms with Crippen LogP contribution in [0.1, 0.15) is 73.4 Å². The van der Waals surface area contributed by atoms with Crippen LogP contribution in [-0.2, 0) is 14.8 Å². The molecule has 1 saturated heterocycles. The van der Waals surface area contributed by atoms with E-state index in [1.165, 1.54) is 17.8 Å². The number of ether oxygens (including phenoxy) is 1. The molecular weight excluding hydrogens is 518 g/mol. The number of hydrogen-bond donors (Lipinski definition) is 0. The molecule has 1 aromatic heterocycles. The van der Waals surface area contributed by atoms with Gasteiger partial charge < -0.3 is 4.74 Å². The second-order valence-corrected chi connectivity index (χ2v) is 13.4. The predicted molar refractivity (Wildman–Crippen MR) is 153 cm³/mol. The monoisotopic (exact) mass is 555 g/mol. The van der Waals surface area contributed by atoms with E-state index in [2.05, 4.69) is 13.0 Å². The Morgan fingerprint density at radius 3 is 2.45 bits per heavy atom. The van der Waals surface area contributed by atoms with Gasteiger partial charge in [0.25, 0.3) is 5.91 Å². The summed E-state index contributed by atoms with van der Waals surface area (Å²) in [6, 6.07) is 10.6. The minimum atomic E-state index is -3.63. The normalized spacial score (nSPS) is 18.9. The van der Waals surface area contributed by atoms with Crippen LogP contribution in [-0.4, -0.2) is 55.5 Å². The van der Waals surface area contributed by atoms with E-state index in [9.17, 15) is 13.2 Å². The fraction of sp³-hybridized carbons (Fsp3) is 0.517. The van der Waals surface area contributed by atoms with Gasteiger partial charge in [0, 0.05) is 24.8 Å². The summed E-state index contributed by atoms with van der Waals surface area (Å²) in [7, 11) is -3.63. The van der Waals surface area contributed by atoms with Gasteiger partial charge in [-0.2, -0.15) is 4.31 Å². The molecule has 1 atom stereocenters. The molecule has 2 aromatic carbocycles. The van der Waals surface area contributed by atoms with Gasteiger partial charge in [0.05, 0.1) is 27.8 Å². The second-order valence-electron chi connectivity index (χ2n) is 10.5. The van der Waals surface area contributed by atoms with Crippen LogP contribution in [0.25, 0.3) is 10.2 Å². The van der Waals surface area contributed by atoms with Crippen molar-refractivity contribution in [1.29, 1.82) is 0 Å². The van der Waals surface area contributed by atoms with Gasteiger partial charge in [-0.05, 0) is 81.0 Å². The first-order valence-corrected chi connectivity index (χ1v) is 16.0. The number of aromatic nitrogens is 1. The number of fused-ring (bicyclic) bond motifs is 1. The van der Waals surface area contributed by atoms with Crippen molar-refractivity contribution >= 4 is 42.6 Å². The molecule has 1 aliphatic carbocycles. The highest BCUT2D eigenvalue weighted by Crippen LogP contribution is 2.34. The molecule has 1 unspecified atom stereocenters. The SMILES string of the molecule is CCN(C1CCCCC1)S(=O)(=O)c1ccc(C(=O)N(CC2CCCO2)c2nc3cc(C)cc(C)c3s2)cc1. The Morgan fingerprint density at radius 2 is 1.79 bits per heavy atom. The Hall–Kier alpha value is -2.33. The quantitative estimate of drug-likeness (QED) is 0.336. The van der Waals surface area contributed by atoms with Crippen LogP contribution < -0.4 is 4.90 Å². The predicted octanol–water partition coefficient (Wildman–Crippen LogP) is 6.08. The lowest BCUT2D eigenvalue weighted by Gasteiger charge is -2.32. The van der Waals surface area contributed by atoms with E-state index in [4.69, 9.17) is 9.72 Å². The maximum atomic E-state index is 13.8. The fourth-order valence-corrected chi connectivity index (χ4v) is 8.49. The molecular formula is C29H37N3O4S2. The molecule has 0 N–H and O–H groups in total. The van der Waals surface area contributed by atoms with E-state index in [1.54, 1.807) is 33.5 Å². The number of nitrogens with zero attached hydrogens (tertiary/aromatic N) is 3. The zero-order valence-electron chi connectivity index (χ0n) is 22.5. The zero-order valence-corrected chi connectivity index (χ0v) is 24.1. The fourth-order valence-electron chi connectivity index (χ4n) is 5.77. The summed E-state index contributed by atoms with van der Waals surface area (Å²) in [5.74, 6) is -0.197. The molecule has 204 valence electrons. The first kappa shape index (κ1) is 27.2. The first-order chi connectivity index (χ1) is 18.3. The number of carbonyl (C=O) groups excluding carboxylic acids is 1. The number of benzene rings is 2. The molecule has 1 saturated carbocycles. The summed E-state index contributed by atoms with van der Waals surface area (Å²) < 4.78 is 35.6. The average Bonchev–Trinajstić information content (AvgIpc) is 3.58. The lowest BCUT2D eigenvalue weighted by Crippen LogP contribution is -2.41. The lowest BCUT2D eigenvalue weighted by molar-refractivity contribution is 0.0917. The van der Waals surface area contributed by atoms with Gasteiger partial charge in [-0.25, -0.2) is 13.4 Å². The topological polar surface area (TPSA) is 79.8 Å². The number of carbonyl (C=O) groups is 1. The van der Waals surface area contributed by atoms with E-state index in [0.29, 0.717) is 30.4 Å². The summed E-state index contributed by atoms with van der Waals surface area (Å²) in [6.45, 7) is 7.57. The standard InChI is InChI=1S/C29H37N3O4S2/c1-4-32(23-9-6-5-7-10-23)38(34,35)25-14-12-22(13-15-25)28(33)31(19-24-11-8-16-36-24)29-30-26-18-20(2)17-21(3)27(26)37-29/h12-15,17-18,23-24H,4-11,16,19H2,1-3H3. The maximum Gasteiger partial charge on any atom is 0.260 e. The van der Waals surface area contributed by atoms with Crippen LogP contribution in [0.15, 0.2) is 41.3 Å². The molecule has 5 rings (SSSR count). The summed E-state index contributed by atoms with van der Waals surface area (Å²) in [5.41, 5.74) is 3.60. The second kappa shape index (κ2) is 11.4. The Morgan fingerprint density at radius 1 is 1.05 bits per heavy atom. The molecule has 3 aromatic rings. The zero-order chi connectivity index (χ0) is 26.9. The molecule has 2 aliphatic rings.